The summed E-state index contributed by atoms with van der Waals surface area (Å²) in [5.41, 5.74) is 0.0416. The summed E-state index contributed by atoms with van der Waals surface area (Å²) in [5.74, 6) is 0. The average Bonchev–Trinajstić information content (AvgIpc) is 2.39. The Hall–Kier alpha value is -1.11. The predicted octanol–water partition coefficient (Wildman–Crippen LogP) is 1.04. The van der Waals surface area contributed by atoms with E-state index in [1.54, 1.807) is 24.3 Å². The van der Waals surface area contributed by atoms with Gasteiger partial charge in [-0.2, -0.15) is 0 Å². The minimum atomic E-state index is -3.29. The highest BCUT2D eigenvalue weighted by atomic mass is 32.2. The van der Waals surface area contributed by atoms with Crippen molar-refractivity contribution in [2.75, 3.05) is 31.4 Å². The highest BCUT2D eigenvalue weighted by Gasteiger charge is 2.32. The van der Waals surface area contributed by atoms with Gasteiger partial charge in [0.05, 0.1) is 22.7 Å². The number of aliphatic hydroxyl groups is 1. The largest absolute Gasteiger partial charge is 0.394 e. The third-order valence-corrected chi connectivity index (χ3v) is 4.59. The van der Waals surface area contributed by atoms with Gasteiger partial charge in [0.1, 0.15) is 0 Å². The van der Waals surface area contributed by atoms with E-state index in [1.165, 1.54) is 6.26 Å². The molecule has 1 aliphatic heterocycles. The first-order valence-corrected chi connectivity index (χ1v) is 8.12. The summed E-state index contributed by atoms with van der Waals surface area (Å²) in [6.45, 7) is 1.08. The van der Waals surface area contributed by atoms with Crippen LogP contribution in [0, 0.1) is 0 Å². The summed E-state index contributed by atoms with van der Waals surface area (Å²) in [4.78, 5) is 0.259. The van der Waals surface area contributed by atoms with Gasteiger partial charge >= 0.3 is 0 Å². The molecule has 1 aliphatic rings. The minimum Gasteiger partial charge on any atom is -0.394 e. The van der Waals surface area contributed by atoms with Gasteiger partial charge in [-0.1, -0.05) is 12.1 Å². The zero-order valence-electron chi connectivity index (χ0n) is 10.9. The summed E-state index contributed by atoms with van der Waals surface area (Å²) >= 11 is 0. The van der Waals surface area contributed by atoms with Crippen molar-refractivity contribution in [1.29, 1.82) is 0 Å². The van der Waals surface area contributed by atoms with Crippen molar-refractivity contribution >= 4 is 15.5 Å². The van der Waals surface area contributed by atoms with Gasteiger partial charge in [-0.15, -0.1) is 0 Å². The Kier molecular flexibility index (Phi) is 4.13. The Bertz CT molecular complexity index is 535. The van der Waals surface area contributed by atoms with Gasteiger partial charge in [-0.05, 0) is 25.0 Å². The van der Waals surface area contributed by atoms with Crippen molar-refractivity contribution in [2.45, 2.75) is 23.3 Å². The van der Waals surface area contributed by atoms with Crippen molar-refractivity contribution in [3.63, 3.8) is 0 Å². The molecule has 19 heavy (non-hydrogen) atoms. The second-order valence-corrected chi connectivity index (χ2v) is 6.93. The van der Waals surface area contributed by atoms with Crippen LogP contribution in [0.15, 0.2) is 29.2 Å². The van der Waals surface area contributed by atoms with E-state index in [9.17, 15) is 13.5 Å². The Labute approximate surface area is 113 Å². The molecule has 5 nitrogen and oxygen atoms in total. The summed E-state index contributed by atoms with van der Waals surface area (Å²) in [5, 5.41) is 12.8. The molecule has 0 spiro atoms. The standard InChI is InChI=1S/C13H19NO4S/c1-19(16,17)12-5-3-2-4-11(12)14-13(10-15)6-8-18-9-7-13/h2-5,14-15H,6-10H2,1H3. The van der Waals surface area contributed by atoms with Crippen LogP contribution in [-0.2, 0) is 14.6 Å². The topological polar surface area (TPSA) is 75.6 Å². The van der Waals surface area contributed by atoms with Gasteiger partial charge in [0, 0.05) is 19.5 Å². The number of anilines is 1. The van der Waals surface area contributed by atoms with Crippen LogP contribution in [0.2, 0.25) is 0 Å². The number of ether oxygens (including phenoxy) is 1. The molecule has 0 unspecified atom stereocenters. The highest BCUT2D eigenvalue weighted by Crippen LogP contribution is 2.29. The Morgan fingerprint density at radius 1 is 1.32 bits per heavy atom. The average molecular weight is 285 g/mol. The molecule has 106 valence electrons. The molecule has 1 fully saturated rings. The molecule has 1 heterocycles. The molecule has 0 radical (unpaired) electrons. The lowest BCUT2D eigenvalue weighted by Crippen LogP contribution is -2.47. The van der Waals surface area contributed by atoms with Crippen LogP contribution in [0.3, 0.4) is 0 Å². The van der Waals surface area contributed by atoms with Crippen molar-refractivity contribution < 1.29 is 18.3 Å². The number of sulfone groups is 1. The lowest BCUT2D eigenvalue weighted by molar-refractivity contribution is 0.0379. The molecule has 0 bridgehead atoms. The van der Waals surface area contributed by atoms with Crippen LogP contribution in [0.4, 0.5) is 5.69 Å². The third kappa shape index (κ3) is 3.26. The lowest BCUT2D eigenvalue weighted by atomic mass is 9.90. The molecule has 6 heteroatoms. The number of hydrogen-bond donors (Lipinski definition) is 2. The van der Waals surface area contributed by atoms with Crippen LogP contribution in [0.5, 0.6) is 0 Å². The first-order valence-electron chi connectivity index (χ1n) is 6.23. The number of hydrogen-bond acceptors (Lipinski definition) is 5. The van der Waals surface area contributed by atoms with Crippen molar-refractivity contribution in [1.82, 2.24) is 0 Å². The normalized spacial score (nSPS) is 19.1. The fourth-order valence-electron chi connectivity index (χ4n) is 2.26. The van der Waals surface area contributed by atoms with Crippen LogP contribution in [0.1, 0.15) is 12.8 Å². The lowest BCUT2D eigenvalue weighted by Gasteiger charge is -2.37. The fourth-order valence-corrected chi connectivity index (χ4v) is 3.11. The Balaban J connectivity index is 2.32. The maximum Gasteiger partial charge on any atom is 0.177 e. The summed E-state index contributed by atoms with van der Waals surface area (Å²) in [7, 11) is -3.29. The minimum absolute atomic E-state index is 0.0472. The predicted molar refractivity (Wildman–Crippen MR) is 73.0 cm³/mol. The van der Waals surface area contributed by atoms with E-state index in [2.05, 4.69) is 5.32 Å². The van der Waals surface area contributed by atoms with E-state index in [0.717, 1.165) is 0 Å². The highest BCUT2D eigenvalue weighted by molar-refractivity contribution is 7.90. The zero-order chi connectivity index (χ0) is 13.9. The van der Waals surface area contributed by atoms with E-state index in [1.807, 2.05) is 0 Å². The maximum absolute atomic E-state index is 11.8. The molecule has 0 amide bonds. The summed E-state index contributed by atoms with van der Waals surface area (Å²) < 4.78 is 28.8. The van der Waals surface area contributed by atoms with E-state index >= 15 is 0 Å². The molecule has 2 rings (SSSR count). The quantitative estimate of drug-likeness (QED) is 0.864. The van der Waals surface area contributed by atoms with Gasteiger partial charge in [0.25, 0.3) is 0 Å². The number of benzene rings is 1. The number of para-hydroxylation sites is 1. The first kappa shape index (κ1) is 14.3. The molecule has 0 saturated carbocycles. The second kappa shape index (κ2) is 5.48. The maximum atomic E-state index is 11.8. The van der Waals surface area contributed by atoms with E-state index in [0.29, 0.717) is 31.7 Å². The van der Waals surface area contributed by atoms with Crippen LogP contribution in [0.25, 0.3) is 0 Å². The van der Waals surface area contributed by atoms with Crippen LogP contribution in [-0.4, -0.2) is 45.1 Å². The van der Waals surface area contributed by atoms with Crippen LogP contribution < -0.4 is 5.32 Å². The Morgan fingerprint density at radius 3 is 2.53 bits per heavy atom. The van der Waals surface area contributed by atoms with Gasteiger partial charge in [-0.3, -0.25) is 0 Å². The summed E-state index contributed by atoms with van der Waals surface area (Å²) in [6.07, 6.45) is 2.49. The number of nitrogens with one attached hydrogen (secondary N) is 1. The monoisotopic (exact) mass is 285 g/mol. The smallest absolute Gasteiger partial charge is 0.177 e. The molecule has 1 aromatic rings. The second-order valence-electron chi connectivity index (χ2n) is 4.94. The van der Waals surface area contributed by atoms with Crippen LogP contribution >= 0.6 is 0 Å². The first-order chi connectivity index (χ1) is 8.97. The van der Waals surface area contributed by atoms with E-state index in [4.69, 9.17) is 4.74 Å². The van der Waals surface area contributed by atoms with Crippen molar-refractivity contribution in [3.8, 4) is 0 Å². The molecule has 0 atom stereocenters. The van der Waals surface area contributed by atoms with Gasteiger partial charge < -0.3 is 15.2 Å². The molecule has 0 aromatic heterocycles. The van der Waals surface area contributed by atoms with Gasteiger partial charge in [-0.25, -0.2) is 8.42 Å². The molecule has 2 N–H and O–H groups in total. The third-order valence-electron chi connectivity index (χ3n) is 3.44. The number of rotatable bonds is 4. The SMILES string of the molecule is CS(=O)(=O)c1ccccc1NC1(CO)CCOCC1. The zero-order valence-corrected chi connectivity index (χ0v) is 11.7. The van der Waals surface area contributed by atoms with E-state index in [-0.39, 0.29) is 11.5 Å². The van der Waals surface area contributed by atoms with Crippen molar-refractivity contribution in [2.24, 2.45) is 0 Å². The van der Waals surface area contributed by atoms with Gasteiger partial charge in [0.2, 0.25) is 0 Å². The van der Waals surface area contributed by atoms with E-state index < -0.39 is 15.4 Å². The molecule has 1 aromatic carbocycles. The van der Waals surface area contributed by atoms with Crippen molar-refractivity contribution in [3.05, 3.63) is 24.3 Å². The molecule has 1 saturated heterocycles. The Morgan fingerprint density at radius 2 is 1.95 bits per heavy atom. The van der Waals surface area contributed by atoms with Gasteiger partial charge in [0.15, 0.2) is 9.84 Å². The number of aliphatic hydroxyl groups excluding tert-OH is 1. The molecular formula is C13H19NO4S. The molecular weight excluding hydrogens is 266 g/mol. The molecule has 0 aliphatic carbocycles. The summed E-state index contributed by atoms with van der Waals surface area (Å²) in [6, 6.07) is 6.77. The fraction of sp³-hybridized carbons (Fsp3) is 0.538.